The van der Waals surface area contributed by atoms with E-state index in [1.165, 1.54) is 30.2 Å². The van der Waals surface area contributed by atoms with Gasteiger partial charge in [-0.2, -0.15) is 4.98 Å². The number of hydrogen-bond acceptors (Lipinski definition) is 5. The molecule has 1 heterocycles. The van der Waals surface area contributed by atoms with Crippen LogP contribution in [0, 0.1) is 5.82 Å². The quantitative estimate of drug-likeness (QED) is 0.796. The number of benzene rings is 1. The van der Waals surface area contributed by atoms with E-state index in [9.17, 15) is 9.18 Å². The van der Waals surface area contributed by atoms with Crippen molar-refractivity contribution in [1.82, 2.24) is 4.98 Å². The van der Waals surface area contributed by atoms with E-state index in [0.29, 0.717) is 5.22 Å². The van der Waals surface area contributed by atoms with Crippen molar-refractivity contribution in [3.05, 3.63) is 42.0 Å². The Morgan fingerprint density at radius 2 is 2.17 bits per heavy atom. The Morgan fingerprint density at radius 3 is 2.83 bits per heavy atom. The van der Waals surface area contributed by atoms with Gasteiger partial charge < -0.3 is 9.15 Å². The average molecular weight is 267 g/mol. The van der Waals surface area contributed by atoms with Gasteiger partial charge in [-0.3, -0.25) is 0 Å². The molecule has 4 nitrogen and oxygen atoms in total. The lowest BCUT2D eigenvalue weighted by molar-refractivity contribution is 0.0519. The zero-order chi connectivity index (χ0) is 13.0. The number of esters is 1. The number of halogens is 1. The molecule has 0 atom stereocenters. The molecule has 0 aliphatic carbocycles. The highest BCUT2D eigenvalue weighted by Gasteiger charge is 2.13. The molecule has 18 heavy (non-hydrogen) atoms. The Kier molecular flexibility index (Phi) is 3.99. The third kappa shape index (κ3) is 3.10. The maximum atomic E-state index is 12.7. The summed E-state index contributed by atoms with van der Waals surface area (Å²) in [5.41, 5.74) is 0.126. The second-order valence-corrected chi connectivity index (χ2v) is 4.30. The van der Waals surface area contributed by atoms with E-state index in [1.807, 2.05) is 0 Å². The first kappa shape index (κ1) is 12.6. The van der Waals surface area contributed by atoms with Crippen LogP contribution in [0.15, 0.2) is 45.1 Å². The number of rotatable bonds is 4. The molecule has 0 saturated heterocycles. The smallest absolute Gasteiger partial charge is 0.360 e. The van der Waals surface area contributed by atoms with Crippen LogP contribution in [0.1, 0.15) is 17.4 Å². The first-order chi connectivity index (χ1) is 8.69. The minimum atomic E-state index is -0.521. The average Bonchev–Trinajstić information content (AvgIpc) is 2.81. The van der Waals surface area contributed by atoms with Crippen LogP contribution in [-0.4, -0.2) is 17.6 Å². The minimum absolute atomic E-state index is 0.126. The lowest BCUT2D eigenvalue weighted by Gasteiger charge is -1.96. The van der Waals surface area contributed by atoms with Crippen molar-refractivity contribution >= 4 is 17.7 Å². The van der Waals surface area contributed by atoms with Crippen molar-refractivity contribution in [1.29, 1.82) is 0 Å². The van der Waals surface area contributed by atoms with Crippen molar-refractivity contribution in [3.63, 3.8) is 0 Å². The van der Waals surface area contributed by atoms with E-state index in [2.05, 4.69) is 4.98 Å². The molecule has 0 bridgehead atoms. The molecule has 1 aromatic heterocycles. The van der Waals surface area contributed by atoms with Gasteiger partial charge in [-0.15, -0.1) is 0 Å². The molecule has 0 fully saturated rings. The Labute approximate surface area is 107 Å². The normalized spacial score (nSPS) is 10.3. The van der Waals surface area contributed by atoms with Crippen molar-refractivity contribution in [2.45, 2.75) is 17.0 Å². The third-order valence-corrected chi connectivity index (χ3v) is 2.86. The van der Waals surface area contributed by atoms with Crippen molar-refractivity contribution in [2.24, 2.45) is 0 Å². The fourth-order valence-corrected chi connectivity index (χ4v) is 1.92. The summed E-state index contributed by atoms with van der Waals surface area (Å²) in [7, 11) is 0. The number of aromatic nitrogens is 1. The number of ether oxygens (including phenoxy) is 1. The summed E-state index contributed by atoms with van der Waals surface area (Å²) in [6.07, 6.45) is 1.24. The maximum absolute atomic E-state index is 12.7. The van der Waals surface area contributed by atoms with Gasteiger partial charge in [-0.25, -0.2) is 9.18 Å². The molecule has 0 saturated carbocycles. The van der Waals surface area contributed by atoms with Crippen molar-refractivity contribution in [3.8, 4) is 0 Å². The molecule has 94 valence electrons. The number of carbonyl (C=O) groups excluding carboxylic acids is 1. The van der Waals surface area contributed by atoms with Crippen LogP contribution < -0.4 is 0 Å². The van der Waals surface area contributed by atoms with E-state index in [1.54, 1.807) is 19.1 Å². The van der Waals surface area contributed by atoms with Gasteiger partial charge in [-0.1, -0.05) is 0 Å². The lowest BCUT2D eigenvalue weighted by atomic mass is 10.4. The lowest BCUT2D eigenvalue weighted by Crippen LogP contribution is -2.04. The maximum Gasteiger partial charge on any atom is 0.360 e. The van der Waals surface area contributed by atoms with Crippen LogP contribution in [0.3, 0.4) is 0 Å². The predicted molar refractivity (Wildman–Crippen MR) is 63.0 cm³/mol. The molecule has 0 spiro atoms. The molecule has 0 unspecified atom stereocenters. The van der Waals surface area contributed by atoms with Gasteiger partial charge >= 0.3 is 5.97 Å². The number of oxazole rings is 1. The van der Waals surface area contributed by atoms with E-state index in [-0.39, 0.29) is 18.1 Å². The highest BCUT2D eigenvalue weighted by atomic mass is 32.2. The summed E-state index contributed by atoms with van der Waals surface area (Å²) in [6.45, 7) is 2.00. The van der Waals surface area contributed by atoms with Gasteiger partial charge in [-0.05, 0) is 43.0 Å². The van der Waals surface area contributed by atoms with Crippen LogP contribution >= 0.6 is 11.8 Å². The van der Waals surface area contributed by atoms with E-state index >= 15 is 0 Å². The fraction of sp³-hybridized carbons (Fsp3) is 0.167. The molecule has 0 amide bonds. The second-order valence-electron chi connectivity index (χ2n) is 3.28. The van der Waals surface area contributed by atoms with Gasteiger partial charge in [0.1, 0.15) is 12.1 Å². The highest BCUT2D eigenvalue weighted by Crippen LogP contribution is 2.26. The Bertz CT molecular complexity index is 539. The molecule has 2 rings (SSSR count). The second kappa shape index (κ2) is 5.68. The number of hydrogen-bond donors (Lipinski definition) is 0. The minimum Gasteiger partial charge on any atom is -0.461 e. The summed E-state index contributed by atoms with van der Waals surface area (Å²) in [5.74, 6) is -0.828. The zero-order valence-corrected chi connectivity index (χ0v) is 10.4. The Morgan fingerprint density at radius 1 is 1.44 bits per heavy atom. The van der Waals surface area contributed by atoms with Crippen LogP contribution in [0.25, 0.3) is 0 Å². The largest absolute Gasteiger partial charge is 0.461 e. The van der Waals surface area contributed by atoms with E-state index in [4.69, 9.17) is 9.15 Å². The summed E-state index contributed by atoms with van der Waals surface area (Å²) >= 11 is 1.20. The van der Waals surface area contributed by atoms with Gasteiger partial charge in [0.15, 0.2) is 5.69 Å². The van der Waals surface area contributed by atoms with Crippen LogP contribution in [-0.2, 0) is 4.74 Å². The first-order valence-corrected chi connectivity index (χ1v) is 6.06. The van der Waals surface area contributed by atoms with Crippen LogP contribution in [0.5, 0.6) is 0 Å². The topological polar surface area (TPSA) is 52.3 Å². The van der Waals surface area contributed by atoms with Gasteiger partial charge in [0, 0.05) is 4.90 Å². The van der Waals surface area contributed by atoms with Gasteiger partial charge in [0.2, 0.25) is 0 Å². The zero-order valence-electron chi connectivity index (χ0n) is 9.55. The Hall–Kier alpha value is -1.82. The molecular weight excluding hydrogens is 257 g/mol. The highest BCUT2D eigenvalue weighted by molar-refractivity contribution is 7.99. The molecule has 0 aliphatic rings. The molecule has 0 radical (unpaired) electrons. The molecule has 1 aromatic carbocycles. The summed E-state index contributed by atoms with van der Waals surface area (Å²) in [6, 6.07) is 5.90. The summed E-state index contributed by atoms with van der Waals surface area (Å²) in [4.78, 5) is 16.1. The SMILES string of the molecule is CCOC(=O)c1coc(Sc2ccc(F)cc2)n1. The molecule has 2 aromatic rings. The number of carbonyl (C=O) groups is 1. The predicted octanol–water partition coefficient (Wildman–Crippen LogP) is 3.14. The van der Waals surface area contributed by atoms with Crippen LogP contribution in [0.2, 0.25) is 0 Å². The van der Waals surface area contributed by atoms with Gasteiger partial charge in [0.25, 0.3) is 5.22 Å². The third-order valence-electron chi connectivity index (χ3n) is 1.99. The number of nitrogens with zero attached hydrogens (tertiary/aromatic N) is 1. The standard InChI is InChI=1S/C12H10FNO3S/c1-2-16-11(15)10-7-17-12(14-10)18-9-5-3-8(13)4-6-9/h3-7H,2H2,1H3. The van der Waals surface area contributed by atoms with Gasteiger partial charge in [0.05, 0.1) is 6.61 Å². The monoisotopic (exact) mass is 267 g/mol. The van der Waals surface area contributed by atoms with Crippen LogP contribution in [0.4, 0.5) is 4.39 Å². The molecular formula is C12H10FNO3S. The summed E-state index contributed by atoms with van der Waals surface area (Å²) < 4.78 is 22.6. The van der Waals surface area contributed by atoms with E-state index in [0.717, 1.165) is 4.90 Å². The fourth-order valence-electron chi connectivity index (χ4n) is 1.21. The van der Waals surface area contributed by atoms with E-state index < -0.39 is 5.97 Å². The van der Waals surface area contributed by atoms with Crippen molar-refractivity contribution < 1.29 is 18.3 Å². The first-order valence-electron chi connectivity index (χ1n) is 5.25. The molecule has 6 heteroatoms. The van der Waals surface area contributed by atoms with Crippen molar-refractivity contribution in [2.75, 3.05) is 6.61 Å². The molecule has 0 N–H and O–H groups in total. The molecule has 0 aliphatic heterocycles. The summed E-state index contributed by atoms with van der Waals surface area (Å²) in [5, 5.41) is 0.310. The Balaban J connectivity index is 2.06.